The van der Waals surface area contributed by atoms with Crippen LogP contribution in [0.25, 0.3) is 11.3 Å². The number of nitrogens with one attached hydrogen (secondary N) is 1. The molecule has 1 N–H and O–H groups in total. The van der Waals surface area contributed by atoms with Gasteiger partial charge in [-0.3, -0.25) is 4.79 Å². The minimum absolute atomic E-state index is 0.220. The minimum atomic E-state index is -0.220. The molecule has 0 atom stereocenters. The van der Waals surface area contributed by atoms with Gasteiger partial charge in [-0.15, -0.1) is 0 Å². The smallest absolute Gasteiger partial charge is 0.273 e. The van der Waals surface area contributed by atoms with Crippen LogP contribution in [0.4, 0.5) is 0 Å². The molecule has 0 aliphatic carbocycles. The first-order valence-corrected chi connectivity index (χ1v) is 7.92. The lowest BCUT2D eigenvalue weighted by atomic mass is 10.1. The number of carbonyl (C=O) groups is 1. The fourth-order valence-electron chi connectivity index (χ4n) is 2.46. The summed E-state index contributed by atoms with van der Waals surface area (Å²) in [6.07, 6.45) is 3.58. The largest absolute Gasteiger partial charge is 0.355 e. The third-order valence-electron chi connectivity index (χ3n) is 4.01. The Morgan fingerprint density at radius 1 is 1.29 bits per heavy atom. The molecule has 0 aliphatic heterocycles. The lowest BCUT2D eigenvalue weighted by Gasteiger charge is -2.04. The quantitative estimate of drug-likeness (QED) is 0.708. The number of rotatable bonds is 6. The van der Waals surface area contributed by atoms with Crippen molar-refractivity contribution < 1.29 is 9.32 Å². The zero-order chi connectivity index (χ0) is 16.9. The second-order valence-corrected chi connectivity index (χ2v) is 5.66. The van der Waals surface area contributed by atoms with Crippen molar-refractivity contribution in [3.05, 3.63) is 59.8 Å². The predicted molar refractivity (Wildman–Crippen MR) is 90.5 cm³/mol. The topological polar surface area (TPSA) is 73.0 Å². The molecule has 3 aromatic rings. The number of imidazole rings is 1. The van der Waals surface area contributed by atoms with Crippen molar-refractivity contribution in [1.82, 2.24) is 20.0 Å². The van der Waals surface area contributed by atoms with E-state index in [0.29, 0.717) is 18.0 Å². The van der Waals surface area contributed by atoms with E-state index < -0.39 is 0 Å². The maximum Gasteiger partial charge on any atom is 0.273 e. The molecule has 0 saturated carbocycles. The van der Waals surface area contributed by atoms with Crippen molar-refractivity contribution in [2.45, 2.75) is 19.8 Å². The van der Waals surface area contributed by atoms with Crippen molar-refractivity contribution >= 4 is 5.91 Å². The highest BCUT2D eigenvalue weighted by Gasteiger charge is 2.13. The summed E-state index contributed by atoms with van der Waals surface area (Å²) in [7, 11) is 2.00. The zero-order valence-corrected chi connectivity index (χ0v) is 13.8. The SMILES string of the molecule is Cc1ncc(CCCNC(=O)c2cc(-c3ccccc3)on2)n1C. The van der Waals surface area contributed by atoms with Gasteiger partial charge >= 0.3 is 0 Å². The molecule has 3 rings (SSSR count). The highest BCUT2D eigenvalue weighted by atomic mass is 16.5. The van der Waals surface area contributed by atoms with E-state index in [0.717, 1.165) is 29.9 Å². The van der Waals surface area contributed by atoms with Crippen molar-refractivity contribution in [2.24, 2.45) is 7.05 Å². The van der Waals surface area contributed by atoms with Gasteiger partial charge in [-0.25, -0.2) is 4.98 Å². The number of benzene rings is 1. The Kier molecular flexibility index (Phi) is 4.74. The number of aromatic nitrogens is 3. The number of hydrogen-bond donors (Lipinski definition) is 1. The summed E-state index contributed by atoms with van der Waals surface area (Å²) in [5.41, 5.74) is 2.36. The van der Waals surface area contributed by atoms with Gasteiger partial charge < -0.3 is 14.4 Å². The summed E-state index contributed by atoms with van der Waals surface area (Å²) in [6, 6.07) is 11.2. The Morgan fingerprint density at radius 3 is 2.79 bits per heavy atom. The maximum atomic E-state index is 12.1. The van der Waals surface area contributed by atoms with E-state index >= 15 is 0 Å². The molecule has 6 heteroatoms. The van der Waals surface area contributed by atoms with Crippen molar-refractivity contribution in [1.29, 1.82) is 0 Å². The molecule has 24 heavy (non-hydrogen) atoms. The number of aryl methyl sites for hydroxylation is 2. The molecular formula is C18H20N4O2. The van der Waals surface area contributed by atoms with Gasteiger partial charge in [0.2, 0.25) is 0 Å². The van der Waals surface area contributed by atoms with Gasteiger partial charge in [0.05, 0.1) is 0 Å². The van der Waals surface area contributed by atoms with E-state index in [4.69, 9.17) is 4.52 Å². The number of nitrogens with zero attached hydrogens (tertiary/aromatic N) is 3. The standard InChI is InChI=1S/C18H20N4O2/c1-13-20-12-15(22(13)2)9-6-10-19-18(23)16-11-17(24-21-16)14-7-4-3-5-8-14/h3-5,7-8,11-12H,6,9-10H2,1-2H3,(H,19,23). The van der Waals surface area contributed by atoms with Crippen LogP contribution in [0.3, 0.4) is 0 Å². The third kappa shape index (κ3) is 3.53. The van der Waals surface area contributed by atoms with Crippen LogP contribution in [-0.2, 0) is 13.5 Å². The summed E-state index contributed by atoms with van der Waals surface area (Å²) in [5.74, 6) is 1.36. The van der Waals surface area contributed by atoms with E-state index in [2.05, 4.69) is 20.0 Å². The van der Waals surface area contributed by atoms with Gasteiger partial charge in [0, 0.05) is 37.1 Å². The van der Waals surface area contributed by atoms with E-state index in [1.165, 1.54) is 0 Å². The van der Waals surface area contributed by atoms with Gasteiger partial charge in [-0.2, -0.15) is 0 Å². The lowest BCUT2D eigenvalue weighted by molar-refractivity contribution is 0.0944. The van der Waals surface area contributed by atoms with Gasteiger partial charge in [0.15, 0.2) is 11.5 Å². The van der Waals surface area contributed by atoms with Crippen LogP contribution < -0.4 is 5.32 Å². The molecule has 0 spiro atoms. The Bertz CT molecular complexity index is 821. The van der Waals surface area contributed by atoms with Crippen molar-refractivity contribution in [3.8, 4) is 11.3 Å². The van der Waals surface area contributed by atoms with Gasteiger partial charge in [0.25, 0.3) is 5.91 Å². The van der Waals surface area contributed by atoms with Crippen LogP contribution in [0.5, 0.6) is 0 Å². The second-order valence-electron chi connectivity index (χ2n) is 5.66. The zero-order valence-electron chi connectivity index (χ0n) is 13.8. The first-order valence-electron chi connectivity index (χ1n) is 7.92. The van der Waals surface area contributed by atoms with Gasteiger partial charge in [-0.1, -0.05) is 35.5 Å². The highest BCUT2D eigenvalue weighted by molar-refractivity contribution is 5.93. The van der Waals surface area contributed by atoms with Crippen molar-refractivity contribution in [2.75, 3.05) is 6.54 Å². The van der Waals surface area contributed by atoms with Gasteiger partial charge in [0.1, 0.15) is 5.82 Å². The minimum Gasteiger partial charge on any atom is -0.355 e. The molecule has 0 fully saturated rings. The first-order chi connectivity index (χ1) is 11.6. The molecular weight excluding hydrogens is 304 g/mol. The van der Waals surface area contributed by atoms with Crippen LogP contribution >= 0.6 is 0 Å². The maximum absolute atomic E-state index is 12.1. The number of carbonyl (C=O) groups excluding carboxylic acids is 1. The molecule has 124 valence electrons. The third-order valence-corrected chi connectivity index (χ3v) is 4.01. The number of amides is 1. The number of hydrogen-bond acceptors (Lipinski definition) is 4. The van der Waals surface area contributed by atoms with E-state index in [1.54, 1.807) is 6.07 Å². The molecule has 0 bridgehead atoms. The molecule has 0 unspecified atom stereocenters. The Labute approximate surface area is 140 Å². The molecule has 1 amide bonds. The molecule has 0 aliphatic rings. The van der Waals surface area contributed by atoms with E-state index in [1.807, 2.05) is 50.5 Å². The van der Waals surface area contributed by atoms with Crippen LogP contribution in [0.1, 0.15) is 28.4 Å². The normalized spacial score (nSPS) is 10.8. The van der Waals surface area contributed by atoms with Crippen molar-refractivity contribution in [3.63, 3.8) is 0 Å². The van der Waals surface area contributed by atoms with E-state index in [-0.39, 0.29) is 5.91 Å². The Balaban J connectivity index is 1.51. The molecule has 0 saturated heterocycles. The monoisotopic (exact) mass is 324 g/mol. The summed E-state index contributed by atoms with van der Waals surface area (Å²) in [4.78, 5) is 16.4. The Hall–Kier alpha value is -2.89. The second kappa shape index (κ2) is 7.12. The molecule has 6 nitrogen and oxygen atoms in total. The predicted octanol–water partition coefficient (Wildman–Crippen LogP) is 2.75. The summed E-state index contributed by atoms with van der Waals surface area (Å²) >= 11 is 0. The molecule has 1 aromatic carbocycles. The average molecular weight is 324 g/mol. The van der Waals surface area contributed by atoms with Crippen LogP contribution in [0, 0.1) is 6.92 Å². The molecule has 2 heterocycles. The fraction of sp³-hybridized carbons (Fsp3) is 0.278. The van der Waals surface area contributed by atoms with Gasteiger partial charge in [-0.05, 0) is 19.8 Å². The Morgan fingerprint density at radius 2 is 2.08 bits per heavy atom. The molecule has 2 aromatic heterocycles. The van der Waals surface area contributed by atoms with Crippen LogP contribution in [-0.4, -0.2) is 27.2 Å². The summed E-state index contributed by atoms with van der Waals surface area (Å²) in [6.45, 7) is 2.55. The van der Waals surface area contributed by atoms with Crippen LogP contribution in [0.15, 0.2) is 47.1 Å². The fourth-order valence-corrected chi connectivity index (χ4v) is 2.46. The molecule has 0 radical (unpaired) electrons. The van der Waals surface area contributed by atoms with Crippen LogP contribution in [0.2, 0.25) is 0 Å². The highest BCUT2D eigenvalue weighted by Crippen LogP contribution is 2.19. The lowest BCUT2D eigenvalue weighted by Crippen LogP contribution is -2.25. The summed E-state index contributed by atoms with van der Waals surface area (Å²) < 4.78 is 7.30. The summed E-state index contributed by atoms with van der Waals surface area (Å²) in [5, 5.41) is 6.71. The van der Waals surface area contributed by atoms with E-state index in [9.17, 15) is 4.79 Å². The first kappa shape index (κ1) is 16.0. The average Bonchev–Trinajstić information content (AvgIpc) is 3.21.